The SMILES string of the molecule is C=Cc1ccc(C(=O)OCc2ccc(Sc3ccc4ccccc4c3)cc2)cc1. The van der Waals surface area contributed by atoms with Crippen LogP contribution in [-0.2, 0) is 11.3 Å². The van der Waals surface area contributed by atoms with E-state index in [9.17, 15) is 4.79 Å². The molecule has 0 aliphatic heterocycles. The quantitative estimate of drug-likeness (QED) is 0.329. The van der Waals surface area contributed by atoms with Gasteiger partial charge in [-0.25, -0.2) is 4.79 Å². The van der Waals surface area contributed by atoms with Crippen LogP contribution in [0.5, 0.6) is 0 Å². The molecule has 0 fully saturated rings. The largest absolute Gasteiger partial charge is 0.457 e. The maximum atomic E-state index is 12.2. The molecule has 0 radical (unpaired) electrons. The third kappa shape index (κ3) is 4.76. The molecule has 0 aliphatic carbocycles. The van der Waals surface area contributed by atoms with Crippen molar-refractivity contribution in [3.63, 3.8) is 0 Å². The molecule has 0 heterocycles. The Morgan fingerprint density at radius 2 is 1.52 bits per heavy atom. The summed E-state index contributed by atoms with van der Waals surface area (Å²) < 4.78 is 5.42. The number of esters is 1. The minimum atomic E-state index is -0.324. The van der Waals surface area contributed by atoms with E-state index in [1.807, 2.05) is 24.3 Å². The smallest absolute Gasteiger partial charge is 0.338 e. The van der Waals surface area contributed by atoms with Crippen LogP contribution in [0.4, 0.5) is 0 Å². The fourth-order valence-corrected chi connectivity index (χ4v) is 3.87. The number of hydrogen-bond acceptors (Lipinski definition) is 3. The first kappa shape index (κ1) is 19.0. The van der Waals surface area contributed by atoms with E-state index in [2.05, 4.69) is 61.2 Å². The average molecular weight is 397 g/mol. The van der Waals surface area contributed by atoms with E-state index in [4.69, 9.17) is 4.74 Å². The highest BCUT2D eigenvalue weighted by Crippen LogP contribution is 2.30. The first-order chi connectivity index (χ1) is 14.2. The standard InChI is InChI=1S/C26H20O2S/c1-2-19-7-11-22(12-8-19)26(27)28-18-20-9-14-24(15-10-20)29-25-16-13-21-5-3-4-6-23(21)17-25/h2-17H,1,18H2. The van der Waals surface area contributed by atoms with Crippen LogP contribution in [0.15, 0.2) is 107 Å². The van der Waals surface area contributed by atoms with Crippen LogP contribution in [0.2, 0.25) is 0 Å². The Morgan fingerprint density at radius 3 is 2.24 bits per heavy atom. The molecule has 0 saturated carbocycles. The number of rotatable bonds is 6. The molecule has 0 amide bonds. The zero-order chi connectivity index (χ0) is 20.1. The lowest BCUT2D eigenvalue weighted by molar-refractivity contribution is 0.0472. The van der Waals surface area contributed by atoms with E-state index < -0.39 is 0 Å². The monoisotopic (exact) mass is 396 g/mol. The zero-order valence-electron chi connectivity index (χ0n) is 15.9. The van der Waals surface area contributed by atoms with E-state index in [0.29, 0.717) is 5.56 Å². The number of hydrogen-bond donors (Lipinski definition) is 0. The molecular formula is C26H20O2S. The van der Waals surface area contributed by atoms with E-state index in [-0.39, 0.29) is 12.6 Å². The summed E-state index contributed by atoms with van der Waals surface area (Å²) in [5.41, 5.74) is 2.48. The van der Waals surface area contributed by atoms with Crippen molar-refractivity contribution in [3.8, 4) is 0 Å². The maximum Gasteiger partial charge on any atom is 0.338 e. The highest BCUT2D eigenvalue weighted by Gasteiger charge is 2.07. The van der Waals surface area contributed by atoms with Crippen LogP contribution in [-0.4, -0.2) is 5.97 Å². The first-order valence-corrected chi connectivity index (χ1v) is 10.2. The Hall–Kier alpha value is -3.30. The third-order valence-electron chi connectivity index (χ3n) is 4.63. The Morgan fingerprint density at radius 1 is 0.828 bits per heavy atom. The number of benzene rings is 4. The third-order valence-corrected chi connectivity index (χ3v) is 5.63. The molecule has 0 unspecified atom stereocenters. The lowest BCUT2D eigenvalue weighted by atomic mass is 10.1. The van der Waals surface area contributed by atoms with Gasteiger partial charge in [0.25, 0.3) is 0 Å². The normalized spacial score (nSPS) is 10.6. The van der Waals surface area contributed by atoms with Crippen LogP contribution < -0.4 is 0 Å². The van der Waals surface area contributed by atoms with Gasteiger partial charge >= 0.3 is 5.97 Å². The second-order valence-electron chi connectivity index (χ2n) is 6.66. The molecule has 4 aromatic rings. The summed E-state index contributed by atoms with van der Waals surface area (Å²) in [6.45, 7) is 3.96. The Bertz CT molecular complexity index is 1150. The predicted molar refractivity (Wildman–Crippen MR) is 120 cm³/mol. The highest BCUT2D eigenvalue weighted by molar-refractivity contribution is 7.99. The van der Waals surface area contributed by atoms with Crippen molar-refractivity contribution >= 4 is 34.6 Å². The lowest BCUT2D eigenvalue weighted by Crippen LogP contribution is -2.05. The van der Waals surface area contributed by atoms with E-state index in [0.717, 1.165) is 16.0 Å². The minimum Gasteiger partial charge on any atom is -0.457 e. The van der Waals surface area contributed by atoms with Crippen molar-refractivity contribution in [2.45, 2.75) is 16.4 Å². The fraction of sp³-hybridized carbons (Fsp3) is 0.0385. The molecule has 0 atom stereocenters. The van der Waals surface area contributed by atoms with Gasteiger partial charge in [0.1, 0.15) is 6.61 Å². The van der Waals surface area contributed by atoms with Gasteiger partial charge in [0.15, 0.2) is 0 Å². The summed E-state index contributed by atoms with van der Waals surface area (Å²) in [6.07, 6.45) is 1.74. The van der Waals surface area contributed by atoms with Gasteiger partial charge in [0.05, 0.1) is 5.56 Å². The van der Waals surface area contributed by atoms with Gasteiger partial charge in [0, 0.05) is 9.79 Å². The highest BCUT2D eigenvalue weighted by atomic mass is 32.2. The number of carbonyl (C=O) groups is 1. The Labute approximate surface area is 174 Å². The molecule has 0 saturated heterocycles. The molecule has 4 aromatic carbocycles. The van der Waals surface area contributed by atoms with Gasteiger partial charge < -0.3 is 4.74 Å². The van der Waals surface area contributed by atoms with Gasteiger partial charge in [-0.2, -0.15) is 0 Å². The predicted octanol–water partition coefficient (Wildman–Crippen LogP) is 6.99. The summed E-state index contributed by atoms with van der Waals surface area (Å²) in [5, 5.41) is 2.48. The summed E-state index contributed by atoms with van der Waals surface area (Å²) in [5.74, 6) is -0.324. The van der Waals surface area contributed by atoms with Crippen molar-refractivity contribution in [3.05, 3.63) is 114 Å². The molecule has 0 bridgehead atoms. The molecule has 3 heteroatoms. The molecule has 0 aliphatic rings. The van der Waals surface area contributed by atoms with Gasteiger partial charge in [-0.15, -0.1) is 0 Å². The summed E-state index contributed by atoms with van der Waals surface area (Å²) in [6, 6.07) is 30.2. The van der Waals surface area contributed by atoms with Crippen molar-refractivity contribution in [2.75, 3.05) is 0 Å². The van der Waals surface area contributed by atoms with Gasteiger partial charge in [-0.1, -0.05) is 79.0 Å². The van der Waals surface area contributed by atoms with Gasteiger partial charge in [-0.3, -0.25) is 0 Å². The van der Waals surface area contributed by atoms with Crippen LogP contribution in [0.25, 0.3) is 16.8 Å². The molecule has 142 valence electrons. The summed E-state index contributed by atoms with van der Waals surface area (Å²) in [4.78, 5) is 14.5. The Balaban J connectivity index is 1.36. The van der Waals surface area contributed by atoms with Gasteiger partial charge in [-0.05, 0) is 58.3 Å². The fourth-order valence-electron chi connectivity index (χ4n) is 3.01. The van der Waals surface area contributed by atoms with Crippen molar-refractivity contribution in [1.82, 2.24) is 0 Å². The van der Waals surface area contributed by atoms with E-state index in [1.54, 1.807) is 30.0 Å². The molecule has 4 rings (SSSR count). The molecular weight excluding hydrogens is 376 g/mol. The van der Waals surface area contributed by atoms with Crippen molar-refractivity contribution < 1.29 is 9.53 Å². The van der Waals surface area contributed by atoms with Gasteiger partial charge in [0.2, 0.25) is 0 Å². The number of carbonyl (C=O) groups excluding carboxylic acids is 1. The van der Waals surface area contributed by atoms with Crippen LogP contribution in [0, 0.1) is 0 Å². The van der Waals surface area contributed by atoms with E-state index >= 15 is 0 Å². The van der Waals surface area contributed by atoms with Crippen LogP contribution in [0.1, 0.15) is 21.5 Å². The minimum absolute atomic E-state index is 0.253. The molecule has 0 aromatic heterocycles. The average Bonchev–Trinajstić information content (AvgIpc) is 2.78. The van der Waals surface area contributed by atoms with Crippen LogP contribution in [0.3, 0.4) is 0 Å². The summed E-state index contributed by atoms with van der Waals surface area (Å²) in [7, 11) is 0. The Kier molecular flexibility index (Phi) is 5.78. The second-order valence-corrected chi connectivity index (χ2v) is 7.80. The lowest BCUT2D eigenvalue weighted by Gasteiger charge is -2.07. The summed E-state index contributed by atoms with van der Waals surface area (Å²) >= 11 is 1.72. The van der Waals surface area contributed by atoms with Crippen molar-refractivity contribution in [2.24, 2.45) is 0 Å². The number of ether oxygens (including phenoxy) is 1. The second kappa shape index (κ2) is 8.80. The molecule has 0 N–H and O–H groups in total. The van der Waals surface area contributed by atoms with Crippen molar-refractivity contribution in [1.29, 1.82) is 0 Å². The first-order valence-electron chi connectivity index (χ1n) is 9.36. The topological polar surface area (TPSA) is 26.3 Å². The zero-order valence-corrected chi connectivity index (χ0v) is 16.7. The maximum absolute atomic E-state index is 12.2. The molecule has 29 heavy (non-hydrogen) atoms. The van der Waals surface area contributed by atoms with Crippen LogP contribution >= 0.6 is 11.8 Å². The van der Waals surface area contributed by atoms with E-state index in [1.165, 1.54) is 15.7 Å². The molecule has 2 nitrogen and oxygen atoms in total. The number of fused-ring (bicyclic) bond motifs is 1. The molecule has 0 spiro atoms.